The van der Waals surface area contributed by atoms with Crippen LogP contribution in [0, 0.1) is 17.8 Å². The Hall–Kier alpha value is -0.980. The van der Waals surface area contributed by atoms with Gasteiger partial charge in [-0.15, -0.1) is 0 Å². The minimum absolute atomic E-state index is 0.237. The van der Waals surface area contributed by atoms with Crippen LogP contribution in [0.3, 0.4) is 0 Å². The van der Waals surface area contributed by atoms with Crippen LogP contribution in [0.4, 0.5) is 13.2 Å². The molecule has 0 radical (unpaired) electrons. The molecule has 3 unspecified atom stereocenters. The Morgan fingerprint density at radius 3 is 2.36 bits per heavy atom. The number of guanidine groups is 1. The van der Waals surface area contributed by atoms with Crippen molar-refractivity contribution in [1.29, 1.82) is 0 Å². The van der Waals surface area contributed by atoms with E-state index in [4.69, 9.17) is 4.99 Å². The van der Waals surface area contributed by atoms with E-state index in [1.54, 1.807) is 0 Å². The zero-order valence-electron chi connectivity index (χ0n) is 15.2. The molecule has 0 aromatic heterocycles. The van der Waals surface area contributed by atoms with E-state index in [0.29, 0.717) is 19.6 Å². The van der Waals surface area contributed by atoms with Gasteiger partial charge in [0, 0.05) is 32.7 Å². The van der Waals surface area contributed by atoms with Crippen molar-refractivity contribution in [2.75, 3.05) is 45.8 Å². The number of rotatable bonds is 4. The van der Waals surface area contributed by atoms with Crippen molar-refractivity contribution in [2.45, 2.75) is 45.2 Å². The van der Waals surface area contributed by atoms with Crippen LogP contribution >= 0.6 is 0 Å². The first-order chi connectivity index (χ1) is 11.9. The smallest absolute Gasteiger partial charge is 0.357 e. The molecule has 1 N–H and O–H groups in total. The highest BCUT2D eigenvalue weighted by Crippen LogP contribution is 2.36. The first-order valence-corrected chi connectivity index (χ1v) is 9.77. The molecule has 3 aliphatic rings. The number of likely N-dealkylation sites (tertiary alicyclic amines) is 2. The minimum atomic E-state index is -4.10. The second kappa shape index (κ2) is 8.14. The molecule has 0 amide bonds. The Morgan fingerprint density at radius 2 is 1.76 bits per heavy atom. The van der Waals surface area contributed by atoms with Crippen LogP contribution in [0.25, 0.3) is 0 Å². The van der Waals surface area contributed by atoms with Crippen LogP contribution < -0.4 is 5.32 Å². The van der Waals surface area contributed by atoms with Crippen LogP contribution in [0.2, 0.25) is 0 Å². The zero-order chi connectivity index (χ0) is 17.9. The van der Waals surface area contributed by atoms with Gasteiger partial charge in [-0.3, -0.25) is 9.89 Å². The highest BCUT2D eigenvalue weighted by molar-refractivity contribution is 5.80. The summed E-state index contributed by atoms with van der Waals surface area (Å²) < 4.78 is 37.5. The molecule has 2 heterocycles. The van der Waals surface area contributed by atoms with E-state index in [-0.39, 0.29) is 5.92 Å². The van der Waals surface area contributed by atoms with Crippen LogP contribution in [0.5, 0.6) is 0 Å². The number of nitrogens with zero attached hydrogens (tertiary/aromatic N) is 3. The van der Waals surface area contributed by atoms with Gasteiger partial charge in [-0.2, -0.15) is 13.2 Å². The topological polar surface area (TPSA) is 30.9 Å². The van der Waals surface area contributed by atoms with E-state index in [1.807, 2.05) is 0 Å². The van der Waals surface area contributed by atoms with Crippen LogP contribution in [0.1, 0.15) is 39.0 Å². The predicted molar refractivity (Wildman–Crippen MR) is 93.6 cm³/mol. The normalized spacial score (nSPS) is 31.4. The van der Waals surface area contributed by atoms with Gasteiger partial charge in [0.1, 0.15) is 0 Å². The summed E-state index contributed by atoms with van der Waals surface area (Å²) in [7, 11) is 0. The number of fused-ring (bicyclic) bond motifs is 1. The number of nitrogens with one attached hydrogen (secondary N) is 1. The van der Waals surface area contributed by atoms with E-state index in [2.05, 4.69) is 17.1 Å². The Balaban J connectivity index is 1.53. The lowest BCUT2D eigenvalue weighted by atomic mass is 9.82. The fourth-order valence-electron chi connectivity index (χ4n) is 4.68. The maximum atomic E-state index is 12.5. The molecule has 25 heavy (non-hydrogen) atoms. The number of alkyl halides is 3. The number of halogens is 3. The van der Waals surface area contributed by atoms with Crippen molar-refractivity contribution in [1.82, 2.24) is 15.1 Å². The number of hydrogen-bond acceptors (Lipinski definition) is 2. The van der Waals surface area contributed by atoms with E-state index >= 15 is 0 Å². The molecule has 0 bridgehead atoms. The molecular formula is C18H31F3N4. The monoisotopic (exact) mass is 360 g/mol. The SMILES string of the molecule is CCNC(=NCC1CCN(CC(F)(F)F)C1)N1CC2CCCCC2C1. The number of hydrogen-bond donors (Lipinski definition) is 1. The fraction of sp³-hybridized carbons (Fsp3) is 0.944. The lowest BCUT2D eigenvalue weighted by Gasteiger charge is -2.22. The summed E-state index contributed by atoms with van der Waals surface area (Å²) in [4.78, 5) is 8.68. The summed E-state index contributed by atoms with van der Waals surface area (Å²) in [5, 5.41) is 3.39. The van der Waals surface area contributed by atoms with Crippen molar-refractivity contribution in [2.24, 2.45) is 22.7 Å². The zero-order valence-corrected chi connectivity index (χ0v) is 15.2. The first kappa shape index (κ1) is 18.8. The highest BCUT2D eigenvalue weighted by atomic mass is 19.4. The van der Waals surface area contributed by atoms with Crippen molar-refractivity contribution < 1.29 is 13.2 Å². The summed E-state index contributed by atoms with van der Waals surface area (Å²) in [6, 6.07) is 0. The van der Waals surface area contributed by atoms with Gasteiger partial charge < -0.3 is 10.2 Å². The lowest BCUT2D eigenvalue weighted by molar-refractivity contribution is -0.143. The molecule has 0 aromatic carbocycles. The molecular weight excluding hydrogens is 329 g/mol. The minimum Gasteiger partial charge on any atom is -0.357 e. The lowest BCUT2D eigenvalue weighted by Crippen LogP contribution is -2.40. The Bertz CT molecular complexity index is 452. The van der Waals surface area contributed by atoms with Gasteiger partial charge in [-0.1, -0.05) is 12.8 Å². The average molecular weight is 360 g/mol. The third-order valence-corrected chi connectivity index (χ3v) is 5.88. The standard InChI is InChI=1S/C18H31F3N4/c1-2-22-17(25-11-15-5-3-4-6-16(15)12-25)23-9-14-7-8-24(10-14)13-18(19,20)21/h14-16H,2-13H2,1H3,(H,22,23). The molecule has 2 aliphatic heterocycles. The van der Waals surface area contributed by atoms with Gasteiger partial charge in [-0.05, 0) is 50.5 Å². The molecule has 1 aliphatic carbocycles. The van der Waals surface area contributed by atoms with Crippen LogP contribution in [0.15, 0.2) is 4.99 Å². The largest absolute Gasteiger partial charge is 0.401 e. The maximum Gasteiger partial charge on any atom is 0.401 e. The second-order valence-corrected chi connectivity index (χ2v) is 7.91. The molecule has 2 saturated heterocycles. The van der Waals surface area contributed by atoms with Crippen molar-refractivity contribution in [3.8, 4) is 0 Å². The van der Waals surface area contributed by atoms with Gasteiger partial charge in [0.15, 0.2) is 5.96 Å². The Morgan fingerprint density at radius 1 is 1.08 bits per heavy atom. The molecule has 144 valence electrons. The fourth-order valence-corrected chi connectivity index (χ4v) is 4.68. The Kier molecular flexibility index (Phi) is 6.12. The highest BCUT2D eigenvalue weighted by Gasteiger charge is 2.36. The van der Waals surface area contributed by atoms with E-state index in [1.165, 1.54) is 30.6 Å². The molecule has 1 saturated carbocycles. The van der Waals surface area contributed by atoms with Gasteiger partial charge in [0.05, 0.1) is 6.54 Å². The number of aliphatic imine (C=N–C) groups is 1. The van der Waals surface area contributed by atoms with Crippen molar-refractivity contribution in [3.05, 3.63) is 0 Å². The van der Waals surface area contributed by atoms with Gasteiger partial charge in [-0.25, -0.2) is 0 Å². The van der Waals surface area contributed by atoms with Gasteiger partial charge in [0.25, 0.3) is 0 Å². The molecule has 3 rings (SSSR count). The summed E-state index contributed by atoms with van der Waals surface area (Å²) in [5.41, 5.74) is 0. The molecule has 3 atom stereocenters. The van der Waals surface area contributed by atoms with Gasteiger partial charge in [0.2, 0.25) is 0 Å². The molecule has 4 nitrogen and oxygen atoms in total. The van der Waals surface area contributed by atoms with Crippen LogP contribution in [-0.2, 0) is 0 Å². The first-order valence-electron chi connectivity index (χ1n) is 9.77. The second-order valence-electron chi connectivity index (χ2n) is 7.91. The van der Waals surface area contributed by atoms with Gasteiger partial charge >= 0.3 is 6.18 Å². The third kappa shape index (κ3) is 5.25. The van der Waals surface area contributed by atoms with E-state index < -0.39 is 12.7 Å². The molecule has 7 heteroatoms. The maximum absolute atomic E-state index is 12.5. The summed E-state index contributed by atoms with van der Waals surface area (Å²) >= 11 is 0. The van der Waals surface area contributed by atoms with Crippen molar-refractivity contribution in [3.63, 3.8) is 0 Å². The molecule has 3 fully saturated rings. The van der Waals surface area contributed by atoms with Crippen LogP contribution in [-0.4, -0.2) is 67.7 Å². The van der Waals surface area contributed by atoms with E-state index in [9.17, 15) is 13.2 Å². The van der Waals surface area contributed by atoms with Crippen molar-refractivity contribution >= 4 is 5.96 Å². The average Bonchev–Trinajstić information content (AvgIpc) is 3.16. The quantitative estimate of drug-likeness (QED) is 0.618. The predicted octanol–water partition coefficient (Wildman–Crippen LogP) is 2.96. The summed E-state index contributed by atoms with van der Waals surface area (Å²) in [5.74, 6) is 2.80. The summed E-state index contributed by atoms with van der Waals surface area (Å²) in [6.07, 6.45) is 2.06. The Labute approximate surface area is 148 Å². The third-order valence-electron chi connectivity index (χ3n) is 5.88. The summed E-state index contributed by atoms with van der Waals surface area (Å²) in [6.45, 7) is 5.95. The van der Waals surface area contributed by atoms with E-state index in [0.717, 1.165) is 43.9 Å². The molecule has 0 aromatic rings. The molecule has 0 spiro atoms.